The Labute approximate surface area is 179 Å². The zero-order chi connectivity index (χ0) is 20.9. The van der Waals surface area contributed by atoms with E-state index < -0.39 is 0 Å². The molecule has 30 heavy (non-hydrogen) atoms. The van der Waals surface area contributed by atoms with Crippen LogP contribution in [0.4, 0.5) is 0 Å². The summed E-state index contributed by atoms with van der Waals surface area (Å²) in [4.78, 5) is 37.6. The second kappa shape index (κ2) is 9.13. The molecule has 1 fully saturated rings. The van der Waals surface area contributed by atoms with Gasteiger partial charge < -0.3 is 9.80 Å². The first-order valence-corrected chi connectivity index (χ1v) is 11.1. The van der Waals surface area contributed by atoms with Gasteiger partial charge in [-0.3, -0.25) is 19.1 Å². The minimum absolute atomic E-state index is 0.00418. The van der Waals surface area contributed by atoms with Gasteiger partial charge in [0.15, 0.2) is 5.16 Å². The predicted octanol–water partition coefficient (Wildman–Crippen LogP) is 2.98. The van der Waals surface area contributed by atoms with E-state index in [1.165, 1.54) is 0 Å². The van der Waals surface area contributed by atoms with Gasteiger partial charge in [0.2, 0.25) is 0 Å². The monoisotopic (exact) mass is 421 g/mol. The normalized spacial score (nSPS) is 14.4. The number of amides is 2. The molecule has 0 aliphatic carbocycles. The molecule has 0 N–H and O–H groups in total. The Morgan fingerprint density at radius 1 is 0.833 bits per heavy atom. The van der Waals surface area contributed by atoms with E-state index in [9.17, 15) is 9.59 Å². The number of nitrogens with zero attached hydrogens (tertiary/aromatic N) is 5. The number of pyridine rings is 1. The molecule has 154 valence electrons. The molecular weight excluding hydrogens is 398 g/mol. The van der Waals surface area contributed by atoms with Gasteiger partial charge in [-0.05, 0) is 49.1 Å². The first-order chi connectivity index (χ1) is 14.7. The van der Waals surface area contributed by atoms with Crippen LogP contribution in [0.2, 0.25) is 0 Å². The lowest BCUT2D eigenvalue weighted by atomic mass is 10.1. The van der Waals surface area contributed by atoms with E-state index in [4.69, 9.17) is 0 Å². The molecule has 2 amide bonds. The molecule has 1 saturated heterocycles. The van der Waals surface area contributed by atoms with Crippen molar-refractivity contribution in [3.8, 4) is 5.69 Å². The molecular formula is C22H23N5O2S. The first kappa shape index (κ1) is 20.2. The number of carbonyl (C=O) groups is 2. The largest absolute Gasteiger partial charge is 0.337 e. The van der Waals surface area contributed by atoms with Crippen molar-refractivity contribution in [1.82, 2.24) is 24.3 Å². The second-order valence-corrected chi connectivity index (χ2v) is 7.78. The Kier molecular flexibility index (Phi) is 6.13. The van der Waals surface area contributed by atoms with Crippen molar-refractivity contribution >= 4 is 23.6 Å². The average molecular weight is 422 g/mol. The van der Waals surface area contributed by atoms with Gasteiger partial charge in [0.1, 0.15) is 0 Å². The zero-order valence-corrected chi connectivity index (χ0v) is 17.6. The van der Waals surface area contributed by atoms with Crippen LogP contribution in [0, 0.1) is 0 Å². The highest BCUT2D eigenvalue weighted by molar-refractivity contribution is 7.98. The summed E-state index contributed by atoms with van der Waals surface area (Å²) in [5, 5.41) is 0.903. The van der Waals surface area contributed by atoms with Crippen LogP contribution in [0.5, 0.6) is 0 Å². The van der Waals surface area contributed by atoms with Gasteiger partial charge in [-0.25, -0.2) is 4.98 Å². The first-order valence-electron chi connectivity index (χ1n) is 9.84. The van der Waals surface area contributed by atoms with Crippen molar-refractivity contribution < 1.29 is 9.59 Å². The number of rotatable bonds is 4. The van der Waals surface area contributed by atoms with E-state index in [2.05, 4.69) is 9.97 Å². The Balaban J connectivity index is 1.42. The number of hydrogen-bond acceptors (Lipinski definition) is 5. The number of thioether (sulfide) groups is 1. The van der Waals surface area contributed by atoms with Crippen molar-refractivity contribution in [3.05, 3.63) is 72.3 Å². The van der Waals surface area contributed by atoms with E-state index in [0.717, 1.165) is 17.3 Å². The van der Waals surface area contributed by atoms with Gasteiger partial charge >= 0.3 is 0 Å². The minimum Gasteiger partial charge on any atom is -0.337 e. The number of hydrogen-bond donors (Lipinski definition) is 0. The van der Waals surface area contributed by atoms with Crippen molar-refractivity contribution in [2.45, 2.75) is 11.6 Å². The van der Waals surface area contributed by atoms with Crippen LogP contribution >= 0.6 is 11.8 Å². The van der Waals surface area contributed by atoms with Crippen LogP contribution < -0.4 is 0 Å². The molecule has 0 bridgehead atoms. The van der Waals surface area contributed by atoms with E-state index in [-0.39, 0.29) is 11.8 Å². The van der Waals surface area contributed by atoms with Crippen molar-refractivity contribution in [2.75, 3.05) is 32.4 Å². The smallest absolute Gasteiger partial charge is 0.254 e. The fourth-order valence-corrected chi connectivity index (χ4v) is 4.11. The maximum atomic E-state index is 13.0. The number of aromatic nitrogens is 3. The highest BCUT2D eigenvalue weighted by Crippen LogP contribution is 2.19. The molecule has 0 saturated carbocycles. The third kappa shape index (κ3) is 4.23. The van der Waals surface area contributed by atoms with Crippen molar-refractivity contribution in [3.63, 3.8) is 0 Å². The van der Waals surface area contributed by atoms with Crippen LogP contribution in [-0.4, -0.2) is 68.6 Å². The quantitative estimate of drug-likeness (QED) is 0.606. The Morgan fingerprint density at radius 3 is 2.03 bits per heavy atom. The summed E-state index contributed by atoms with van der Waals surface area (Å²) in [6, 6.07) is 11.0. The van der Waals surface area contributed by atoms with Crippen LogP contribution in [0.25, 0.3) is 5.69 Å². The minimum atomic E-state index is -0.0130. The summed E-state index contributed by atoms with van der Waals surface area (Å²) >= 11 is 1.57. The maximum Gasteiger partial charge on any atom is 0.254 e. The molecule has 3 aromatic rings. The summed E-state index contributed by atoms with van der Waals surface area (Å²) in [6.45, 7) is 2.33. The average Bonchev–Trinajstić information content (AvgIpc) is 3.15. The lowest BCUT2D eigenvalue weighted by Gasteiger charge is -2.22. The number of carbonyl (C=O) groups excluding carboxylic acids is 2. The summed E-state index contributed by atoms with van der Waals surface area (Å²) in [5.74, 6) is -0.0172. The number of imidazole rings is 1. The summed E-state index contributed by atoms with van der Waals surface area (Å²) in [7, 11) is 0. The molecule has 3 heterocycles. The lowest BCUT2D eigenvalue weighted by Crippen LogP contribution is -2.37. The van der Waals surface area contributed by atoms with Crippen LogP contribution in [0.1, 0.15) is 27.1 Å². The maximum absolute atomic E-state index is 13.0. The summed E-state index contributed by atoms with van der Waals surface area (Å²) in [5.41, 5.74) is 2.25. The standard InChI is InChI=1S/C22H23N5O2S/c1-30-22-24-11-14-27(22)19-5-3-17(4-6-19)20(28)25-12-2-13-26(16-15-25)21(29)18-7-9-23-10-8-18/h3-11,14H,2,12-13,15-16H2,1H3. The van der Waals surface area contributed by atoms with E-state index >= 15 is 0 Å². The summed E-state index contributed by atoms with van der Waals surface area (Å²) < 4.78 is 1.99. The van der Waals surface area contributed by atoms with Crippen LogP contribution in [0.3, 0.4) is 0 Å². The molecule has 1 aromatic carbocycles. The predicted molar refractivity (Wildman–Crippen MR) is 116 cm³/mol. The number of benzene rings is 1. The van der Waals surface area contributed by atoms with Gasteiger partial charge in [0, 0.05) is 67.8 Å². The second-order valence-electron chi connectivity index (χ2n) is 7.00. The molecule has 0 radical (unpaired) electrons. The molecule has 1 aliphatic rings. The van der Waals surface area contributed by atoms with E-state index in [0.29, 0.717) is 37.3 Å². The molecule has 4 rings (SSSR count). The summed E-state index contributed by atoms with van der Waals surface area (Å²) in [6.07, 6.45) is 9.66. The molecule has 1 aliphatic heterocycles. The van der Waals surface area contributed by atoms with E-state index in [1.54, 1.807) is 42.5 Å². The van der Waals surface area contributed by atoms with Gasteiger partial charge in [0.25, 0.3) is 11.8 Å². The topological polar surface area (TPSA) is 71.3 Å². The highest BCUT2D eigenvalue weighted by atomic mass is 32.2. The van der Waals surface area contributed by atoms with Crippen LogP contribution in [-0.2, 0) is 0 Å². The Morgan fingerprint density at radius 2 is 1.43 bits per heavy atom. The third-order valence-corrected chi connectivity index (χ3v) is 5.85. The Bertz CT molecular complexity index is 1020. The zero-order valence-electron chi connectivity index (χ0n) is 16.8. The van der Waals surface area contributed by atoms with Crippen LogP contribution in [0.15, 0.2) is 66.3 Å². The molecule has 0 unspecified atom stereocenters. The lowest BCUT2D eigenvalue weighted by molar-refractivity contribution is 0.0718. The fraction of sp³-hybridized carbons (Fsp3) is 0.273. The third-order valence-electron chi connectivity index (χ3n) is 5.18. The molecule has 2 aromatic heterocycles. The molecule has 7 nitrogen and oxygen atoms in total. The molecule has 8 heteroatoms. The fourth-order valence-electron chi connectivity index (χ4n) is 3.59. The molecule has 0 spiro atoms. The highest BCUT2D eigenvalue weighted by Gasteiger charge is 2.23. The molecule has 0 atom stereocenters. The SMILES string of the molecule is CSc1nccn1-c1ccc(C(=O)N2CCCN(C(=O)c3ccncc3)CC2)cc1. The van der Waals surface area contributed by atoms with Crippen molar-refractivity contribution in [2.24, 2.45) is 0 Å². The van der Waals surface area contributed by atoms with Gasteiger partial charge in [-0.15, -0.1) is 0 Å². The van der Waals surface area contributed by atoms with Crippen molar-refractivity contribution in [1.29, 1.82) is 0 Å². The van der Waals surface area contributed by atoms with E-state index in [1.807, 2.05) is 51.1 Å². The van der Waals surface area contributed by atoms with Gasteiger partial charge in [-0.1, -0.05) is 11.8 Å². The van der Waals surface area contributed by atoms with Gasteiger partial charge in [0.05, 0.1) is 0 Å². The van der Waals surface area contributed by atoms with Gasteiger partial charge in [-0.2, -0.15) is 0 Å². The Hall–Kier alpha value is -3.13.